The van der Waals surface area contributed by atoms with E-state index in [0.717, 1.165) is 42.6 Å². The van der Waals surface area contributed by atoms with Gasteiger partial charge in [0.05, 0.1) is 17.4 Å². The number of aromatic nitrogens is 3. The van der Waals surface area contributed by atoms with Crippen LogP contribution in [-0.4, -0.2) is 31.6 Å². The Bertz CT molecular complexity index is 1320. The summed E-state index contributed by atoms with van der Waals surface area (Å²) in [5.74, 6) is 0.234. The second-order valence-corrected chi connectivity index (χ2v) is 9.38. The van der Waals surface area contributed by atoms with E-state index in [1.165, 1.54) is 5.56 Å². The van der Waals surface area contributed by atoms with Crippen molar-refractivity contribution in [3.05, 3.63) is 69.7 Å². The highest BCUT2D eigenvalue weighted by molar-refractivity contribution is 6.35. The molecule has 0 spiro atoms. The molecule has 32 heavy (non-hydrogen) atoms. The second kappa shape index (κ2) is 7.36. The molecule has 0 aliphatic carbocycles. The summed E-state index contributed by atoms with van der Waals surface area (Å²) in [6, 6.07) is 10.9. The number of fused-ring (bicyclic) bond motifs is 5. The van der Waals surface area contributed by atoms with Crippen molar-refractivity contribution >= 4 is 40.2 Å². The van der Waals surface area contributed by atoms with E-state index in [0.29, 0.717) is 26.9 Å². The topological polar surface area (TPSA) is 64.2 Å². The molecule has 1 saturated heterocycles. The number of nitrogens with zero attached hydrogens (tertiary/aromatic N) is 4. The maximum atomic E-state index is 13.6. The zero-order chi connectivity index (χ0) is 22.0. The van der Waals surface area contributed by atoms with Crippen molar-refractivity contribution in [1.29, 1.82) is 0 Å². The Morgan fingerprint density at radius 3 is 2.75 bits per heavy atom. The monoisotopic (exact) mass is 466 g/mol. The minimum atomic E-state index is -0.0960. The third-order valence-corrected chi connectivity index (χ3v) is 6.98. The quantitative estimate of drug-likeness (QED) is 0.372. The molecule has 2 bridgehead atoms. The number of carbonyl (C=O) groups excluding carboxylic acids is 1. The molecular formula is C24H20Cl2N4O2. The lowest BCUT2D eigenvalue weighted by atomic mass is 9.81. The van der Waals surface area contributed by atoms with Crippen LogP contribution in [0.25, 0.3) is 22.4 Å². The highest BCUT2D eigenvalue weighted by Crippen LogP contribution is 2.45. The van der Waals surface area contributed by atoms with Gasteiger partial charge in [-0.3, -0.25) is 14.5 Å². The number of amides is 1. The Hall–Kier alpha value is -2.83. The molecule has 0 saturated carbocycles. The van der Waals surface area contributed by atoms with Crippen LogP contribution in [0.15, 0.2) is 47.0 Å². The first-order chi connectivity index (χ1) is 15.5. The van der Waals surface area contributed by atoms with Crippen LogP contribution < -0.4 is 0 Å². The minimum absolute atomic E-state index is 0.0826. The van der Waals surface area contributed by atoms with E-state index < -0.39 is 0 Å². The molecule has 8 heteroatoms. The molecule has 0 unspecified atom stereocenters. The van der Waals surface area contributed by atoms with Gasteiger partial charge in [0, 0.05) is 46.5 Å². The molecule has 2 aliphatic heterocycles. The number of furan rings is 1. The minimum Gasteiger partial charge on any atom is -0.449 e. The molecular weight excluding hydrogens is 447 g/mol. The molecule has 5 heterocycles. The fraction of sp³-hybridized carbons (Fsp3) is 0.292. The van der Waals surface area contributed by atoms with E-state index >= 15 is 0 Å². The van der Waals surface area contributed by atoms with Gasteiger partial charge in [-0.15, -0.1) is 0 Å². The van der Waals surface area contributed by atoms with Gasteiger partial charge in [0.15, 0.2) is 11.3 Å². The van der Waals surface area contributed by atoms with Crippen molar-refractivity contribution in [2.24, 2.45) is 7.05 Å². The largest absolute Gasteiger partial charge is 0.449 e. The lowest BCUT2D eigenvalue weighted by molar-refractivity contribution is 0.0363. The van der Waals surface area contributed by atoms with Crippen molar-refractivity contribution < 1.29 is 9.21 Å². The molecule has 6 rings (SSSR count). The van der Waals surface area contributed by atoms with E-state index in [4.69, 9.17) is 32.7 Å². The molecule has 1 fully saturated rings. The number of rotatable bonds is 2. The number of carbonyl (C=O) groups is 1. The summed E-state index contributed by atoms with van der Waals surface area (Å²) in [5.41, 5.74) is 5.41. The van der Waals surface area contributed by atoms with Gasteiger partial charge in [-0.1, -0.05) is 23.2 Å². The van der Waals surface area contributed by atoms with E-state index in [9.17, 15) is 4.79 Å². The summed E-state index contributed by atoms with van der Waals surface area (Å²) in [7, 11) is 1.93. The predicted molar refractivity (Wildman–Crippen MR) is 123 cm³/mol. The van der Waals surface area contributed by atoms with Crippen LogP contribution in [0, 0.1) is 0 Å². The Labute approximate surface area is 194 Å². The number of halogens is 2. The maximum absolute atomic E-state index is 13.6. The molecule has 1 aromatic carbocycles. The maximum Gasteiger partial charge on any atom is 0.290 e. The van der Waals surface area contributed by atoms with Crippen molar-refractivity contribution in [1.82, 2.24) is 19.7 Å². The number of pyridine rings is 1. The predicted octanol–water partition coefficient (Wildman–Crippen LogP) is 5.83. The third-order valence-electron chi connectivity index (χ3n) is 6.54. The summed E-state index contributed by atoms with van der Waals surface area (Å²) in [5, 5.41) is 6.05. The smallest absolute Gasteiger partial charge is 0.290 e. The fourth-order valence-electron chi connectivity index (χ4n) is 5.30. The first-order valence-electron chi connectivity index (χ1n) is 10.7. The fourth-order valence-corrected chi connectivity index (χ4v) is 5.83. The van der Waals surface area contributed by atoms with Crippen molar-refractivity contribution in [2.75, 3.05) is 0 Å². The molecule has 0 N–H and O–H groups in total. The van der Waals surface area contributed by atoms with Gasteiger partial charge in [-0.2, -0.15) is 5.10 Å². The normalized spacial score (nSPS) is 19.9. The highest BCUT2D eigenvalue weighted by Gasteiger charge is 2.44. The summed E-state index contributed by atoms with van der Waals surface area (Å²) < 4.78 is 7.74. The zero-order valence-electron chi connectivity index (χ0n) is 17.4. The van der Waals surface area contributed by atoms with Crippen LogP contribution in [-0.2, 0) is 13.5 Å². The number of hydrogen-bond donors (Lipinski definition) is 0. The molecule has 3 aromatic heterocycles. The summed E-state index contributed by atoms with van der Waals surface area (Å²) >= 11 is 12.6. The van der Waals surface area contributed by atoms with Gasteiger partial charge < -0.3 is 9.32 Å². The number of aryl methyl sites for hydroxylation is 1. The molecule has 2 atom stereocenters. The van der Waals surface area contributed by atoms with Gasteiger partial charge in [-0.05, 0) is 56.0 Å². The summed E-state index contributed by atoms with van der Waals surface area (Å²) in [6.07, 6.45) is 5.33. The Morgan fingerprint density at radius 2 is 1.97 bits per heavy atom. The Morgan fingerprint density at radius 1 is 1.16 bits per heavy atom. The lowest BCUT2D eigenvalue weighted by Gasteiger charge is -2.45. The molecule has 4 aromatic rings. The first kappa shape index (κ1) is 19.8. The Balaban J connectivity index is 1.43. The molecule has 1 amide bonds. The van der Waals surface area contributed by atoms with Gasteiger partial charge in [-0.25, -0.2) is 0 Å². The first-order valence-corrected chi connectivity index (χ1v) is 11.4. The standard InChI is InChI=1S/C24H20Cl2N4O2/c1-29-23(13-8-14(25)10-15(26)9-13)17-11-16-4-2-5-19(22(17)28-29)30(16)24(31)21-12-18-20(32-21)6-3-7-27-18/h3,6-10,12,16,19H,2,4-5,11H2,1H3/t16-,19+/m1/s1. The third kappa shape index (κ3) is 3.05. The van der Waals surface area contributed by atoms with E-state index in [2.05, 4.69) is 4.98 Å². The lowest BCUT2D eigenvalue weighted by Crippen LogP contribution is -2.49. The van der Waals surface area contributed by atoms with Gasteiger partial charge in [0.25, 0.3) is 5.91 Å². The van der Waals surface area contributed by atoms with Gasteiger partial charge >= 0.3 is 0 Å². The zero-order valence-corrected chi connectivity index (χ0v) is 18.9. The molecule has 6 nitrogen and oxygen atoms in total. The summed E-state index contributed by atoms with van der Waals surface area (Å²) in [6.45, 7) is 0. The number of hydrogen-bond acceptors (Lipinski definition) is 4. The number of benzene rings is 1. The van der Waals surface area contributed by atoms with Crippen LogP contribution in [0.2, 0.25) is 10.0 Å². The van der Waals surface area contributed by atoms with E-state index in [1.54, 1.807) is 24.4 Å². The van der Waals surface area contributed by atoms with Crippen molar-refractivity contribution in [3.8, 4) is 11.3 Å². The van der Waals surface area contributed by atoms with E-state index in [1.807, 2.05) is 34.8 Å². The number of piperidine rings is 1. The average molecular weight is 467 g/mol. The Kier molecular flexibility index (Phi) is 4.56. The van der Waals surface area contributed by atoms with Crippen LogP contribution in [0.1, 0.15) is 47.1 Å². The summed E-state index contributed by atoms with van der Waals surface area (Å²) in [4.78, 5) is 19.9. The van der Waals surface area contributed by atoms with Crippen molar-refractivity contribution in [2.45, 2.75) is 37.8 Å². The van der Waals surface area contributed by atoms with Crippen LogP contribution in [0.4, 0.5) is 0 Å². The van der Waals surface area contributed by atoms with Crippen molar-refractivity contribution in [3.63, 3.8) is 0 Å². The molecule has 162 valence electrons. The van der Waals surface area contributed by atoms with Crippen LogP contribution in [0.3, 0.4) is 0 Å². The molecule has 2 aliphatic rings. The van der Waals surface area contributed by atoms with Crippen LogP contribution >= 0.6 is 23.2 Å². The van der Waals surface area contributed by atoms with Gasteiger partial charge in [0.1, 0.15) is 5.52 Å². The SMILES string of the molecule is Cn1nc2c(c1-c1cc(Cl)cc(Cl)c1)C[C@H]1CCC[C@@H]2N1C(=O)c1cc2ncccc2o1. The second-order valence-electron chi connectivity index (χ2n) is 8.51. The van der Waals surface area contributed by atoms with Gasteiger partial charge in [0.2, 0.25) is 0 Å². The highest BCUT2D eigenvalue weighted by atomic mass is 35.5. The average Bonchev–Trinajstić information content (AvgIpc) is 3.33. The molecule has 0 radical (unpaired) electrons. The van der Waals surface area contributed by atoms with E-state index in [-0.39, 0.29) is 18.0 Å². The van der Waals surface area contributed by atoms with Crippen LogP contribution in [0.5, 0.6) is 0 Å².